The Kier molecular flexibility index (Phi) is 8.61. The predicted octanol–water partition coefficient (Wildman–Crippen LogP) is 4.64. The Morgan fingerprint density at radius 2 is 2.06 bits per heavy atom. The van der Waals surface area contributed by atoms with Crippen molar-refractivity contribution in [2.75, 3.05) is 5.88 Å². The van der Waals surface area contributed by atoms with Gasteiger partial charge in [0.25, 0.3) is 0 Å². The van der Waals surface area contributed by atoms with E-state index in [0.717, 1.165) is 5.57 Å². The van der Waals surface area contributed by atoms with E-state index in [0.29, 0.717) is 6.42 Å². The number of allylic oxidation sites excluding steroid dienone is 1. The molecule has 4 atom stereocenters. The van der Waals surface area contributed by atoms with E-state index in [1.807, 2.05) is 13.8 Å². The molecule has 96 valence electrons. The molecule has 4 unspecified atom stereocenters. The first-order chi connectivity index (χ1) is 7.27. The van der Waals surface area contributed by atoms with Crippen molar-refractivity contribution < 1.29 is 5.11 Å². The molecule has 0 aliphatic heterocycles. The van der Waals surface area contributed by atoms with Gasteiger partial charge < -0.3 is 5.11 Å². The summed E-state index contributed by atoms with van der Waals surface area (Å²) in [6, 6.07) is 0. The highest BCUT2D eigenvalue weighted by Crippen LogP contribution is 2.36. The van der Waals surface area contributed by atoms with E-state index in [2.05, 4.69) is 31.9 Å². The third-order valence-electron chi connectivity index (χ3n) is 2.49. The van der Waals surface area contributed by atoms with Crippen molar-refractivity contribution in [3.05, 3.63) is 11.1 Å². The number of alkyl halides is 4. The fourth-order valence-corrected chi connectivity index (χ4v) is 3.23. The molecule has 0 fully saturated rings. The van der Waals surface area contributed by atoms with E-state index in [4.69, 9.17) is 34.8 Å². The summed E-state index contributed by atoms with van der Waals surface area (Å²) in [5, 5.41) is 9.61. The molecule has 0 spiro atoms. The standard InChI is InChI=1S/C10H15Br2Cl3O/c1-6(4-13)7(15)3-8(11)10(2,12)9(16)5-14/h4,7-9,16H,3,5H2,1-2H3. The molecule has 1 N–H and O–H groups in total. The summed E-state index contributed by atoms with van der Waals surface area (Å²) >= 11 is 24.4. The van der Waals surface area contributed by atoms with Gasteiger partial charge in [-0.3, -0.25) is 0 Å². The smallest absolute Gasteiger partial charge is 0.0836 e. The fourth-order valence-electron chi connectivity index (χ4n) is 1.03. The zero-order chi connectivity index (χ0) is 12.9. The van der Waals surface area contributed by atoms with Crippen LogP contribution in [0.15, 0.2) is 11.1 Å². The maximum Gasteiger partial charge on any atom is 0.0836 e. The predicted molar refractivity (Wildman–Crippen MR) is 80.6 cm³/mol. The summed E-state index contributed by atoms with van der Waals surface area (Å²) in [5.74, 6) is 0.168. The van der Waals surface area contributed by atoms with Gasteiger partial charge in [0, 0.05) is 16.2 Å². The maximum absolute atomic E-state index is 9.77. The molecule has 0 aromatic heterocycles. The third kappa shape index (κ3) is 5.03. The minimum absolute atomic E-state index is 0.0113. The largest absolute Gasteiger partial charge is 0.390 e. The second-order valence-corrected chi connectivity index (χ2v) is 7.71. The van der Waals surface area contributed by atoms with Crippen LogP contribution < -0.4 is 0 Å². The van der Waals surface area contributed by atoms with Crippen LogP contribution in [0.5, 0.6) is 0 Å². The highest BCUT2D eigenvalue weighted by atomic mass is 79.9. The molecule has 0 bridgehead atoms. The Morgan fingerprint density at radius 1 is 1.56 bits per heavy atom. The number of aliphatic hydroxyl groups excluding tert-OH is 1. The molecule has 6 heteroatoms. The summed E-state index contributed by atoms with van der Waals surface area (Å²) in [6.45, 7) is 3.75. The molecule has 0 aliphatic carbocycles. The van der Waals surface area contributed by atoms with Crippen LogP contribution in [0.2, 0.25) is 0 Å². The Labute approximate surface area is 129 Å². The van der Waals surface area contributed by atoms with E-state index in [-0.39, 0.29) is 16.1 Å². The van der Waals surface area contributed by atoms with Crippen molar-refractivity contribution in [2.45, 2.75) is 40.9 Å². The van der Waals surface area contributed by atoms with Crippen LogP contribution in [0.3, 0.4) is 0 Å². The SMILES string of the molecule is CC(=CCl)C(Cl)CC(Br)C(C)(Br)C(O)CCl. The van der Waals surface area contributed by atoms with Crippen molar-refractivity contribution >= 4 is 66.7 Å². The molecule has 0 aromatic rings. The van der Waals surface area contributed by atoms with Crippen LogP contribution >= 0.6 is 66.7 Å². The Bertz CT molecular complexity index is 246. The lowest BCUT2D eigenvalue weighted by molar-refractivity contribution is 0.158. The lowest BCUT2D eigenvalue weighted by Crippen LogP contribution is -2.43. The Morgan fingerprint density at radius 3 is 2.44 bits per heavy atom. The minimum Gasteiger partial charge on any atom is -0.390 e. The molecular weight excluding hydrogens is 402 g/mol. The first-order valence-electron chi connectivity index (χ1n) is 4.75. The van der Waals surface area contributed by atoms with Crippen LogP contribution in [0.25, 0.3) is 0 Å². The second kappa shape index (κ2) is 7.85. The Balaban J connectivity index is 4.51. The molecular formula is C10H15Br2Cl3O. The van der Waals surface area contributed by atoms with Gasteiger partial charge in [-0.1, -0.05) is 43.5 Å². The van der Waals surface area contributed by atoms with Crippen molar-refractivity contribution in [1.82, 2.24) is 0 Å². The minimum atomic E-state index is -0.650. The van der Waals surface area contributed by atoms with E-state index in [9.17, 15) is 5.11 Å². The topological polar surface area (TPSA) is 20.2 Å². The van der Waals surface area contributed by atoms with Gasteiger partial charge in [0.05, 0.1) is 15.8 Å². The summed E-state index contributed by atoms with van der Waals surface area (Å²) in [6.07, 6.45) is -0.00514. The summed E-state index contributed by atoms with van der Waals surface area (Å²) in [7, 11) is 0. The number of aliphatic hydroxyl groups is 1. The van der Waals surface area contributed by atoms with E-state index < -0.39 is 10.4 Å². The van der Waals surface area contributed by atoms with Gasteiger partial charge in [-0.15, -0.1) is 23.2 Å². The number of hydrogen-bond donors (Lipinski definition) is 1. The van der Waals surface area contributed by atoms with Gasteiger partial charge in [0.1, 0.15) is 0 Å². The molecule has 1 nitrogen and oxygen atoms in total. The van der Waals surface area contributed by atoms with Gasteiger partial charge >= 0.3 is 0 Å². The van der Waals surface area contributed by atoms with Crippen LogP contribution in [0.1, 0.15) is 20.3 Å². The molecule has 16 heavy (non-hydrogen) atoms. The summed E-state index contributed by atoms with van der Waals surface area (Å²) < 4.78 is -0.519. The van der Waals surface area contributed by atoms with Gasteiger partial charge in [-0.25, -0.2) is 0 Å². The van der Waals surface area contributed by atoms with Crippen molar-refractivity contribution in [3.8, 4) is 0 Å². The number of halogens is 5. The van der Waals surface area contributed by atoms with E-state index in [1.54, 1.807) is 0 Å². The monoisotopic (exact) mass is 414 g/mol. The molecule has 0 aliphatic rings. The maximum atomic E-state index is 9.77. The summed E-state index contributed by atoms with van der Waals surface area (Å²) in [5.41, 5.74) is 2.37. The molecule has 0 aromatic carbocycles. The van der Waals surface area contributed by atoms with E-state index in [1.165, 1.54) is 5.54 Å². The van der Waals surface area contributed by atoms with Crippen molar-refractivity contribution in [1.29, 1.82) is 0 Å². The van der Waals surface area contributed by atoms with E-state index >= 15 is 0 Å². The lowest BCUT2D eigenvalue weighted by Gasteiger charge is -2.33. The molecule has 0 amide bonds. The van der Waals surface area contributed by atoms with Gasteiger partial charge in [-0.2, -0.15) is 0 Å². The zero-order valence-electron chi connectivity index (χ0n) is 9.06. The fraction of sp³-hybridized carbons (Fsp3) is 0.800. The van der Waals surface area contributed by atoms with Gasteiger partial charge in [0.2, 0.25) is 0 Å². The lowest BCUT2D eigenvalue weighted by atomic mass is 9.97. The Hall–Kier alpha value is 1.53. The average Bonchev–Trinajstić information content (AvgIpc) is 2.26. The van der Waals surface area contributed by atoms with Gasteiger partial charge in [0.15, 0.2) is 0 Å². The molecule has 0 radical (unpaired) electrons. The molecule has 0 saturated heterocycles. The third-order valence-corrected chi connectivity index (χ3v) is 6.67. The van der Waals surface area contributed by atoms with Crippen LogP contribution in [0, 0.1) is 0 Å². The first kappa shape index (κ1) is 17.5. The normalized spacial score (nSPS) is 22.4. The number of rotatable bonds is 6. The number of hydrogen-bond acceptors (Lipinski definition) is 1. The first-order valence-corrected chi connectivity index (χ1v) is 7.86. The van der Waals surface area contributed by atoms with Crippen LogP contribution in [-0.4, -0.2) is 31.6 Å². The molecule has 0 heterocycles. The second-order valence-electron chi connectivity index (χ2n) is 3.85. The zero-order valence-corrected chi connectivity index (χ0v) is 14.5. The van der Waals surface area contributed by atoms with Crippen LogP contribution in [0.4, 0.5) is 0 Å². The molecule has 0 rings (SSSR count). The average molecular weight is 417 g/mol. The molecule has 0 saturated carbocycles. The van der Waals surface area contributed by atoms with Gasteiger partial charge in [-0.05, 0) is 25.8 Å². The highest BCUT2D eigenvalue weighted by Gasteiger charge is 2.37. The quantitative estimate of drug-likeness (QED) is 0.625. The van der Waals surface area contributed by atoms with Crippen molar-refractivity contribution in [3.63, 3.8) is 0 Å². The van der Waals surface area contributed by atoms with Crippen LogP contribution in [-0.2, 0) is 0 Å². The highest BCUT2D eigenvalue weighted by molar-refractivity contribution is 9.12. The van der Waals surface area contributed by atoms with Crippen molar-refractivity contribution in [2.24, 2.45) is 0 Å². The summed E-state index contributed by atoms with van der Waals surface area (Å²) in [4.78, 5) is -0.0113.